The van der Waals surface area contributed by atoms with Crippen molar-refractivity contribution >= 4 is 11.6 Å². The van der Waals surface area contributed by atoms with Crippen LogP contribution in [0.4, 0.5) is 0 Å². The molecule has 1 aliphatic rings. The number of aromatic nitrogens is 4. The summed E-state index contributed by atoms with van der Waals surface area (Å²) in [6, 6.07) is 17.7. The Hall–Kier alpha value is -3.54. The van der Waals surface area contributed by atoms with Crippen LogP contribution < -0.4 is 4.74 Å². The summed E-state index contributed by atoms with van der Waals surface area (Å²) in [5, 5.41) is 4.66. The minimum absolute atomic E-state index is 0.0910. The first-order chi connectivity index (χ1) is 13.7. The number of ketones is 1. The molecule has 0 saturated carbocycles. The Morgan fingerprint density at radius 1 is 1.04 bits per heavy atom. The van der Waals surface area contributed by atoms with Crippen molar-refractivity contribution in [3.8, 4) is 17.1 Å². The van der Waals surface area contributed by atoms with Crippen LogP contribution in [-0.2, 0) is 6.42 Å². The summed E-state index contributed by atoms with van der Waals surface area (Å²) >= 11 is 0. The fraction of sp³-hybridized carbons (Fsp3) is 0.182. The van der Waals surface area contributed by atoms with Crippen LogP contribution in [0.2, 0.25) is 0 Å². The van der Waals surface area contributed by atoms with Crippen LogP contribution in [0.1, 0.15) is 34.0 Å². The molecule has 0 radical (unpaired) electrons. The lowest BCUT2D eigenvalue weighted by Crippen LogP contribution is -2.22. The number of carbonyl (C=O) groups is 1. The normalized spacial score (nSPS) is 16.2. The van der Waals surface area contributed by atoms with Crippen LogP contribution in [0.25, 0.3) is 17.2 Å². The maximum atomic E-state index is 12.8. The number of Topliss-reactive ketones (excluding diaryl/α,β-unsaturated/α-hetero) is 1. The maximum absolute atomic E-state index is 12.8. The summed E-state index contributed by atoms with van der Waals surface area (Å²) in [6.07, 6.45) is 2.82. The van der Waals surface area contributed by atoms with Gasteiger partial charge in [0.1, 0.15) is 5.75 Å². The molecule has 5 rings (SSSR count). The van der Waals surface area contributed by atoms with Gasteiger partial charge in [0.15, 0.2) is 11.6 Å². The summed E-state index contributed by atoms with van der Waals surface area (Å²) in [4.78, 5) is 21.7. The Morgan fingerprint density at radius 3 is 2.57 bits per heavy atom. The quantitative estimate of drug-likeness (QED) is 0.550. The molecule has 138 valence electrons. The van der Waals surface area contributed by atoms with Gasteiger partial charge in [-0.25, -0.2) is 4.98 Å². The molecule has 1 aliphatic carbocycles. The van der Waals surface area contributed by atoms with E-state index in [4.69, 9.17) is 4.74 Å². The maximum Gasteiger partial charge on any atom is 0.252 e. The minimum atomic E-state index is 0.0910. The van der Waals surface area contributed by atoms with Crippen LogP contribution in [0.3, 0.4) is 0 Å². The molecule has 0 N–H and O–H groups in total. The SMILES string of the molecule is COc1ccc(C2CC(=O)c3cnc4nc(-c5ccccc5)nn4c3C2)cc1. The molecule has 6 nitrogen and oxygen atoms in total. The molecular weight excluding hydrogens is 352 g/mol. The van der Waals surface area contributed by atoms with Crippen LogP contribution >= 0.6 is 0 Å². The van der Waals surface area contributed by atoms with Crippen LogP contribution in [-0.4, -0.2) is 32.5 Å². The van der Waals surface area contributed by atoms with Gasteiger partial charge in [-0.2, -0.15) is 9.50 Å². The molecule has 1 atom stereocenters. The Labute approximate surface area is 161 Å². The molecule has 0 spiro atoms. The van der Waals surface area contributed by atoms with Crippen molar-refractivity contribution in [2.75, 3.05) is 7.11 Å². The number of methoxy groups -OCH3 is 1. The lowest BCUT2D eigenvalue weighted by atomic mass is 9.82. The third kappa shape index (κ3) is 2.74. The second-order valence-electron chi connectivity index (χ2n) is 6.93. The molecule has 2 aromatic heterocycles. The third-order valence-corrected chi connectivity index (χ3v) is 5.26. The zero-order valence-electron chi connectivity index (χ0n) is 15.4. The molecule has 1 unspecified atom stereocenters. The van der Waals surface area contributed by atoms with Crippen molar-refractivity contribution in [3.05, 3.63) is 77.6 Å². The van der Waals surface area contributed by atoms with Crippen LogP contribution in [0.5, 0.6) is 5.75 Å². The number of nitrogens with zero attached hydrogens (tertiary/aromatic N) is 4. The van der Waals surface area contributed by atoms with E-state index < -0.39 is 0 Å². The largest absolute Gasteiger partial charge is 0.497 e. The van der Waals surface area contributed by atoms with Crippen molar-refractivity contribution in [1.82, 2.24) is 19.6 Å². The van der Waals surface area contributed by atoms with E-state index in [1.54, 1.807) is 17.8 Å². The summed E-state index contributed by atoms with van der Waals surface area (Å²) in [5.74, 6) is 2.12. The van der Waals surface area contributed by atoms with Crippen molar-refractivity contribution in [2.24, 2.45) is 0 Å². The second-order valence-corrected chi connectivity index (χ2v) is 6.93. The van der Waals surface area contributed by atoms with E-state index in [2.05, 4.69) is 15.1 Å². The molecule has 6 heteroatoms. The molecule has 0 amide bonds. The molecule has 0 saturated heterocycles. The summed E-state index contributed by atoms with van der Waals surface area (Å²) in [5.41, 5.74) is 3.56. The van der Waals surface area contributed by atoms with Crippen LogP contribution in [0, 0.1) is 0 Å². The predicted octanol–water partition coefficient (Wildman–Crippen LogP) is 3.71. The second kappa shape index (κ2) is 6.56. The third-order valence-electron chi connectivity index (χ3n) is 5.26. The number of carbonyl (C=O) groups excluding carboxylic acids is 1. The Morgan fingerprint density at radius 2 is 1.82 bits per heavy atom. The first-order valence-corrected chi connectivity index (χ1v) is 9.20. The van der Waals surface area contributed by atoms with Gasteiger partial charge < -0.3 is 4.74 Å². The lowest BCUT2D eigenvalue weighted by molar-refractivity contribution is 0.0962. The zero-order chi connectivity index (χ0) is 19.1. The first-order valence-electron chi connectivity index (χ1n) is 9.20. The summed E-state index contributed by atoms with van der Waals surface area (Å²) < 4.78 is 6.97. The molecule has 2 aromatic carbocycles. The van der Waals surface area contributed by atoms with Gasteiger partial charge in [0.2, 0.25) is 0 Å². The van der Waals surface area contributed by atoms with Crippen molar-refractivity contribution in [3.63, 3.8) is 0 Å². The molecule has 0 fully saturated rings. The van der Waals surface area contributed by atoms with Crippen LogP contribution in [0.15, 0.2) is 60.8 Å². The van der Waals surface area contributed by atoms with E-state index in [1.165, 1.54) is 0 Å². The van der Waals surface area contributed by atoms with Gasteiger partial charge >= 0.3 is 0 Å². The number of ether oxygens (including phenoxy) is 1. The minimum Gasteiger partial charge on any atom is -0.497 e. The number of fused-ring (bicyclic) bond motifs is 3. The number of benzene rings is 2. The smallest absolute Gasteiger partial charge is 0.252 e. The molecule has 4 aromatic rings. The highest BCUT2D eigenvalue weighted by atomic mass is 16.5. The van der Waals surface area contributed by atoms with Gasteiger partial charge in [0.05, 0.1) is 18.4 Å². The molecule has 28 heavy (non-hydrogen) atoms. The topological polar surface area (TPSA) is 69.4 Å². The zero-order valence-corrected chi connectivity index (χ0v) is 15.4. The van der Waals surface area contributed by atoms with E-state index in [9.17, 15) is 4.79 Å². The fourth-order valence-electron chi connectivity index (χ4n) is 3.77. The number of rotatable bonds is 3. The summed E-state index contributed by atoms with van der Waals surface area (Å²) in [6.45, 7) is 0. The highest BCUT2D eigenvalue weighted by Crippen LogP contribution is 2.33. The Bertz CT molecular complexity index is 1170. The van der Waals surface area contributed by atoms with Gasteiger partial charge in [-0.1, -0.05) is 42.5 Å². The van der Waals surface area contributed by atoms with Gasteiger partial charge in [-0.3, -0.25) is 4.79 Å². The van der Waals surface area contributed by atoms with E-state index in [0.717, 1.165) is 22.6 Å². The molecule has 2 heterocycles. The highest BCUT2D eigenvalue weighted by molar-refractivity contribution is 5.98. The highest BCUT2D eigenvalue weighted by Gasteiger charge is 2.29. The van der Waals surface area contributed by atoms with E-state index in [1.807, 2.05) is 54.6 Å². The van der Waals surface area contributed by atoms with E-state index in [0.29, 0.717) is 30.0 Å². The molecule has 0 aliphatic heterocycles. The monoisotopic (exact) mass is 370 g/mol. The molecular formula is C22H18N4O2. The van der Waals surface area contributed by atoms with Gasteiger partial charge in [0.25, 0.3) is 5.78 Å². The van der Waals surface area contributed by atoms with Crippen molar-refractivity contribution in [1.29, 1.82) is 0 Å². The predicted molar refractivity (Wildman–Crippen MR) is 105 cm³/mol. The number of hydrogen-bond donors (Lipinski definition) is 0. The van der Waals surface area contributed by atoms with Gasteiger partial charge in [-0.15, -0.1) is 5.10 Å². The fourth-order valence-corrected chi connectivity index (χ4v) is 3.77. The van der Waals surface area contributed by atoms with Gasteiger partial charge in [0, 0.05) is 18.2 Å². The average molecular weight is 370 g/mol. The Balaban J connectivity index is 1.58. The van der Waals surface area contributed by atoms with Crippen molar-refractivity contribution < 1.29 is 9.53 Å². The average Bonchev–Trinajstić information content (AvgIpc) is 3.19. The lowest BCUT2D eigenvalue weighted by Gasteiger charge is -2.24. The van der Waals surface area contributed by atoms with E-state index >= 15 is 0 Å². The van der Waals surface area contributed by atoms with E-state index in [-0.39, 0.29) is 11.7 Å². The van der Waals surface area contributed by atoms with Gasteiger partial charge in [-0.05, 0) is 30.0 Å². The molecule has 0 bridgehead atoms. The van der Waals surface area contributed by atoms with Crippen molar-refractivity contribution in [2.45, 2.75) is 18.8 Å². The number of hydrogen-bond acceptors (Lipinski definition) is 5. The first kappa shape index (κ1) is 16.6. The summed E-state index contributed by atoms with van der Waals surface area (Å²) in [7, 11) is 1.65. The Kier molecular flexibility index (Phi) is 3.90. The standard InChI is InChI=1S/C22H18N4O2/c1-28-17-9-7-14(8-10-17)16-11-19-18(20(27)12-16)13-23-22-24-21(25-26(19)22)15-5-3-2-4-6-15/h2-10,13,16H,11-12H2,1H3.